The van der Waals surface area contributed by atoms with Crippen molar-refractivity contribution in [1.29, 1.82) is 0 Å². The predicted molar refractivity (Wildman–Crippen MR) is 108 cm³/mol. The molecule has 0 atom stereocenters. The number of thiazole rings is 1. The maximum absolute atomic E-state index is 12.8. The normalized spacial score (nSPS) is 15.9. The minimum atomic E-state index is 0.00257. The summed E-state index contributed by atoms with van der Waals surface area (Å²) in [5.74, 6) is 0.733. The molecule has 4 rings (SSSR count). The topological polar surface area (TPSA) is 61.9 Å². The molecule has 3 aromatic rings. The summed E-state index contributed by atoms with van der Waals surface area (Å²) in [6.45, 7) is 5.65. The second-order valence-electron chi connectivity index (χ2n) is 7.04. The van der Waals surface area contributed by atoms with Crippen molar-refractivity contribution < 1.29 is 4.79 Å². The van der Waals surface area contributed by atoms with Gasteiger partial charge in [-0.2, -0.15) is 5.10 Å². The molecular formula is C19H21BrN4OS. The monoisotopic (exact) mass is 432 g/mol. The first kappa shape index (κ1) is 17.7. The van der Waals surface area contributed by atoms with E-state index >= 15 is 0 Å². The van der Waals surface area contributed by atoms with Gasteiger partial charge in [0.1, 0.15) is 0 Å². The number of benzene rings is 1. The van der Waals surface area contributed by atoms with Crippen LogP contribution >= 0.6 is 27.3 Å². The predicted octanol–water partition coefficient (Wildman–Crippen LogP) is 4.93. The summed E-state index contributed by atoms with van der Waals surface area (Å²) in [5.41, 5.74) is 2.54. The number of likely N-dealkylation sites (tertiary alicyclic amines) is 1. The van der Waals surface area contributed by atoms with Gasteiger partial charge in [-0.15, -0.1) is 11.3 Å². The lowest BCUT2D eigenvalue weighted by Crippen LogP contribution is -2.38. The van der Waals surface area contributed by atoms with Crippen LogP contribution in [0.25, 0.3) is 10.2 Å². The van der Waals surface area contributed by atoms with Crippen molar-refractivity contribution in [2.24, 2.45) is 0 Å². The van der Waals surface area contributed by atoms with Crippen LogP contribution in [-0.2, 0) is 0 Å². The smallest absolute Gasteiger partial charge is 0.275 e. The minimum absolute atomic E-state index is 0.00257. The van der Waals surface area contributed by atoms with Gasteiger partial charge in [0.25, 0.3) is 5.91 Å². The van der Waals surface area contributed by atoms with E-state index in [4.69, 9.17) is 4.98 Å². The molecule has 3 heterocycles. The van der Waals surface area contributed by atoms with Gasteiger partial charge in [-0.1, -0.05) is 26.0 Å². The number of piperidine rings is 1. The number of carbonyl (C=O) groups is 1. The molecule has 2 aromatic heterocycles. The number of aromatic amines is 1. The molecular weight excluding hydrogens is 412 g/mol. The molecule has 1 aliphatic rings. The van der Waals surface area contributed by atoms with Crippen LogP contribution in [0, 0.1) is 0 Å². The lowest BCUT2D eigenvalue weighted by molar-refractivity contribution is 0.0706. The molecule has 0 saturated carbocycles. The van der Waals surface area contributed by atoms with E-state index in [1.54, 1.807) is 11.3 Å². The highest BCUT2D eigenvalue weighted by Crippen LogP contribution is 2.34. The van der Waals surface area contributed by atoms with Gasteiger partial charge in [0.15, 0.2) is 5.69 Å². The summed E-state index contributed by atoms with van der Waals surface area (Å²) in [5, 5.41) is 8.43. The van der Waals surface area contributed by atoms with Crippen LogP contribution in [-0.4, -0.2) is 39.1 Å². The number of hydrogen-bond donors (Lipinski definition) is 1. The van der Waals surface area contributed by atoms with E-state index in [0.717, 1.165) is 41.6 Å². The lowest BCUT2D eigenvalue weighted by Gasteiger charge is -2.30. The third-order valence-electron chi connectivity index (χ3n) is 4.95. The van der Waals surface area contributed by atoms with Crippen molar-refractivity contribution in [3.8, 4) is 0 Å². The molecule has 0 aliphatic carbocycles. The number of para-hydroxylation sites is 1. The first-order valence-corrected chi connectivity index (χ1v) is 10.5. The van der Waals surface area contributed by atoms with Crippen molar-refractivity contribution >= 4 is 43.4 Å². The standard InChI is InChI=1S/C19H21BrN4OS/c1-11(2)16-15(20)17(23-22-16)19(25)24-9-7-12(8-10-24)18-21-13-5-3-4-6-14(13)26-18/h3-6,11-12H,7-10H2,1-2H3,(H,22,23). The molecule has 7 heteroatoms. The Hall–Kier alpha value is -1.73. The first-order chi connectivity index (χ1) is 12.5. The van der Waals surface area contributed by atoms with Gasteiger partial charge in [-0.3, -0.25) is 9.89 Å². The maximum atomic E-state index is 12.8. The second-order valence-corrected chi connectivity index (χ2v) is 8.90. The highest BCUT2D eigenvalue weighted by atomic mass is 79.9. The number of hydrogen-bond acceptors (Lipinski definition) is 4. The zero-order chi connectivity index (χ0) is 18.3. The number of amides is 1. The van der Waals surface area contributed by atoms with E-state index in [1.165, 1.54) is 9.71 Å². The maximum Gasteiger partial charge on any atom is 0.275 e. The van der Waals surface area contributed by atoms with Crippen molar-refractivity contribution in [3.05, 3.63) is 45.1 Å². The Morgan fingerprint density at radius 1 is 1.31 bits per heavy atom. The van der Waals surface area contributed by atoms with Crippen LogP contribution < -0.4 is 0 Å². The molecule has 1 N–H and O–H groups in total. The molecule has 1 saturated heterocycles. The Bertz CT molecular complexity index is 907. The average molecular weight is 433 g/mol. The lowest BCUT2D eigenvalue weighted by atomic mass is 9.97. The van der Waals surface area contributed by atoms with E-state index in [9.17, 15) is 4.79 Å². The van der Waals surface area contributed by atoms with Crippen molar-refractivity contribution in [2.45, 2.75) is 38.5 Å². The summed E-state index contributed by atoms with van der Waals surface area (Å²) < 4.78 is 2.04. The van der Waals surface area contributed by atoms with Gasteiger partial charge in [0, 0.05) is 19.0 Å². The third kappa shape index (κ3) is 3.18. The molecule has 136 valence electrons. The molecule has 0 unspecified atom stereocenters. The van der Waals surface area contributed by atoms with Gasteiger partial charge < -0.3 is 4.90 Å². The molecule has 0 spiro atoms. The Balaban J connectivity index is 1.45. The molecule has 26 heavy (non-hydrogen) atoms. The van der Waals surface area contributed by atoms with Crippen LogP contribution in [0.3, 0.4) is 0 Å². The number of aromatic nitrogens is 3. The molecule has 0 bridgehead atoms. The number of nitrogens with zero attached hydrogens (tertiary/aromatic N) is 3. The Morgan fingerprint density at radius 2 is 2.04 bits per heavy atom. The fourth-order valence-corrected chi connectivity index (χ4v) is 5.35. The van der Waals surface area contributed by atoms with Gasteiger partial charge in [0.2, 0.25) is 0 Å². The molecule has 1 aromatic carbocycles. The van der Waals surface area contributed by atoms with Gasteiger partial charge >= 0.3 is 0 Å². The van der Waals surface area contributed by atoms with Crippen LogP contribution in [0.2, 0.25) is 0 Å². The summed E-state index contributed by atoms with van der Waals surface area (Å²) in [7, 11) is 0. The summed E-state index contributed by atoms with van der Waals surface area (Å²) in [6, 6.07) is 8.27. The van der Waals surface area contributed by atoms with E-state index < -0.39 is 0 Å². The zero-order valence-electron chi connectivity index (χ0n) is 14.8. The van der Waals surface area contributed by atoms with Crippen LogP contribution in [0.4, 0.5) is 0 Å². The highest BCUT2D eigenvalue weighted by Gasteiger charge is 2.29. The van der Waals surface area contributed by atoms with Gasteiger partial charge in [-0.05, 0) is 46.8 Å². The molecule has 0 radical (unpaired) electrons. The van der Waals surface area contributed by atoms with Gasteiger partial charge in [0.05, 0.1) is 25.4 Å². The largest absolute Gasteiger partial charge is 0.337 e. The fourth-order valence-electron chi connectivity index (χ4n) is 3.41. The summed E-state index contributed by atoms with van der Waals surface area (Å²) >= 11 is 5.32. The Kier molecular flexibility index (Phi) is 4.84. The first-order valence-electron chi connectivity index (χ1n) is 8.93. The van der Waals surface area contributed by atoms with E-state index in [2.05, 4.69) is 58.2 Å². The fraction of sp³-hybridized carbons (Fsp3) is 0.421. The van der Waals surface area contributed by atoms with Crippen LogP contribution in [0.15, 0.2) is 28.7 Å². The quantitative estimate of drug-likeness (QED) is 0.638. The Morgan fingerprint density at radius 3 is 2.69 bits per heavy atom. The minimum Gasteiger partial charge on any atom is -0.337 e. The number of fused-ring (bicyclic) bond motifs is 1. The Labute approximate surface area is 164 Å². The molecule has 1 aliphatic heterocycles. The van der Waals surface area contributed by atoms with Gasteiger partial charge in [-0.25, -0.2) is 4.98 Å². The molecule has 1 amide bonds. The zero-order valence-corrected chi connectivity index (χ0v) is 17.2. The van der Waals surface area contributed by atoms with E-state index in [1.807, 2.05) is 11.0 Å². The van der Waals surface area contributed by atoms with Crippen LogP contribution in [0.1, 0.15) is 59.7 Å². The number of halogens is 1. The number of H-pyrrole nitrogens is 1. The SMILES string of the molecule is CC(C)c1[nH]nc(C(=O)N2CCC(c3nc4ccccc4s3)CC2)c1Br. The number of nitrogens with one attached hydrogen (secondary N) is 1. The summed E-state index contributed by atoms with van der Waals surface area (Å²) in [4.78, 5) is 19.5. The molecule has 5 nitrogen and oxygen atoms in total. The van der Waals surface area contributed by atoms with Crippen molar-refractivity contribution in [1.82, 2.24) is 20.1 Å². The van der Waals surface area contributed by atoms with Crippen LogP contribution in [0.5, 0.6) is 0 Å². The second kappa shape index (κ2) is 7.12. The summed E-state index contributed by atoms with van der Waals surface area (Å²) in [6.07, 6.45) is 1.90. The van der Waals surface area contributed by atoms with Crippen molar-refractivity contribution in [2.75, 3.05) is 13.1 Å². The molecule has 1 fully saturated rings. The van der Waals surface area contributed by atoms with Crippen molar-refractivity contribution in [3.63, 3.8) is 0 Å². The third-order valence-corrected chi connectivity index (χ3v) is 6.96. The van der Waals surface area contributed by atoms with E-state index in [0.29, 0.717) is 17.5 Å². The highest BCUT2D eigenvalue weighted by molar-refractivity contribution is 9.10. The number of carbonyl (C=O) groups excluding carboxylic acids is 1. The number of rotatable bonds is 3. The van der Waals surface area contributed by atoms with E-state index in [-0.39, 0.29) is 5.91 Å². The average Bonchev–Trinajstić information content (AvgIpc) is 3.24.